The zero-order valence-corrected chi connectivity index (χ0v) is 15.5. The van der Waals surface area contributed by atoms with Gasteiger partial charge in [-0.2, -0.15) is 0 Å². The van der Waals surface area contributed by atoms with E-state index >= 15 is 0 Å². The second kappa shape index (κ2) is 7.72. The number of aromatic nitrogens is 1. The molecule has 4 rings (SSSR count). The molecule has 1 aromatic carbocycles. The zero-order valence-electron chi connectivity index (χ0n) is 13.9. The van der Waals surface area contributed by atoms with Gasteiger partial charge in [0.05, 0.1) is 0 Å². The summed E-state index contributed by atoms with van der Waals surface area (Å²) < 4.78 is 0. The van der Waals surface area contributed by atoms with E-state index in [1.807, 2.05) is 6.20 Å². The number of hydrogen-bond donors (Lipinski definition) is 1. The lowest BCUT2D eigenvalue weighted by molar-refractivity contribution is 0.180. The fourth-order valence-corrected chi connectivity index (χ4v) is 4.58. The molecule has 0 saturated carbocycles. The number of fused-ring (bicyclic) bond motifs is 1. The van der Waals surface area contributed by atoms with Crippen LogP contribution in [0.1, 0.15) is 23.3 Å². The van der Waals surface area contributed by atoms with Crippen molar-refractivity contribution < 1.29 is 0 Å². The maximum Gasteiger partial charge on any atom is 0.180 e. The second-order valence-corrected chi connectivity index (χ2v) is 7.86. The summed E-state index contributed by atoms with van der Waals surface area (Å²) in [6.45, 7) is 5.81. The van der Waals surface area contributed by atoms with Crippen molar-refractivity contribution >= 4 is 34.6 Å². The fraction of sp³-hybridized carbons (Fsp3) is 0.500. The van der Waals surface area contributed by atoms with Crippen LogP contribution in [0.5, 0.6) is 0 Å². The number of anilines is 2. The Balaban J connectivity index is 0.00000169. The number of nitrogens with two attached hydrogens (primary N) is 1. The van der Waals surface area contributed by atoms with Crippen molar-refractivity contribution in [3.8, 4) is 0 Å². The number of halogens is 1. The lowest BCUT2D eigenvalue weighted by Gasteiger charge is -2.34. The van der Waals surface area contributed by atoms with Gasteiger partial charge in [0.25, 0.3) is 0 Å². The molecule has 0 unspecified atom stereocenters. The molecule has 24 heavy (non-hydrogen) atoms. The van der Waals surface area contributed by atoms with Crippen LogP contribution in [0.25, 0.3) is 0 Å². The summed E-state index contributed by atoms with van der Waals surface area (Å²) in [5.41, 5.74) is 8.71. The van der Waals surface area contributed by atoms with Crippen LogP contribution in [0.2, 0.25) is 0 Å². The lowest BCUT2D eigenvalue weighted by atomic mass is 9.96. The highest BCUT2D eigenvalue weighted by Gasteiger charge is 2.25. The molecule has 1 aromatic heterocycles. The molecule has 2 aliphatic rings. The van der Waals surface area contributed by atoms with E-state index in [2.05, 4.69) is 39.0 Å². The standard InChI is InChI=1S/C18H24N4S.ClH/c19-18-20-11-16(23-18)13-21-8-5-14(6-9-21)12-22-10-7-15-3-1-2-4-17(15)22;/h1-4,11,14H,5-10,12-13H2,(H2,19,20);1H. The molecule has 0 aliphatic carbocycles. The molecule has 4 nitrogen and oxygen atoms in total. The van der Waals surface area contributed by atoms with E-state index in [0.717, 1.165) is 12.5 Å². The number of likely N-dealkylation sites (tertiary alicyclic amines) is 1. The first-order chi connectivity index (χ1) is 11.3. The average Bonchev–Trinajstić information content (AvgIpc) is 3.16. The Morgan fingerprint density at radius 1 is 1.17 bits per heavy atom. The highest BCUT2D eigenvalue weighted by molar-refractivity contribution is 7.15. The van der Waals surface area contributed by atoms with Crippen LogP contribution >= 0.6 is 23.7 Å². The van der Waals surface area contributed by atoms with Crippen LogP contribution in [0, 0.1) is 5.92 Å². The largest absolute Gasteiger partial charge is 0.375 e. The van der Waals surface area contributed by atoms with E-state index < -0.39 is 0 Å². The summed E-state index contributed by atoms with van der Waals surface area (Å²) in [6, 6.07) is 8.89. The number of rotatable bonds is 4. The van der Waals surface area contributed by atoms with Gasteiger partial charge in [0, 0.05) is 36.4 Å². The van der Waals surface area contributed by atoms with Crippen LogP contribution in [-0.2, 0) is 13.0 Å². The second-order valence-electron chi connectivity index (χ2n) is 6.71. The maximum absolute atomic E-state index is 5.72. The van der Waals surface area contributed by atoms with Crippen LogP contribution in [-0.4, -0.2) is 36.1 Å². The minimum absolute atomic E-state index is 0. The Morgan fingerprint density at radius 2 is 1.96 bits per heavy atom. The number of benzene rings is 1. The van der Waals surface area contributed by atoms with Gasteiger partial charge in [0.2, 0.25) is 0 Å². The number of nitrogens with zero attached hydrogens (tertiary/aromatic N) is 3. The number of thiazole rings is 1. The van der Waals surface area contributed by atoms with Crippen LogP contribution in [0.4, 0.5) is 10.8 Å². The molecule has 0 radical (unpaired) electrons. The molecule has 6 heteroatoms. The number of nitrogen functional groups attached to an aromatic ring is 1. The van der Waals surface area contributed by atoms with Gasteiger partial charge in [-0.25, -0.2) is 4.98 Å². The van der Waals surface area contributed by atoms with Gasteiger partial charge in [-0.15, -0.1) is 23.7 Å². The molecular formula is C18H25ClN4S. The first-order valence-corrected chi connectivity index (χ1v) is 9.35. The van der Waals surface area contributed by atoms with E-state index in [9.17, 15) is 0 Å². The van der Waals surface area contributed by atoms with E-state index in [1.165, 1.54) is 61.6 Å². The molecule has 0 spiro atoms. The monoisotopic (exact) mass is 364 g/mol. The third-order valence-corrected chi connectivity index (χ3v) is 5.93. The van der Waals surface area contributed by atoms with Crippen molar-refractivity contribution in [2.24, 2.45) is 5.92 Å². The predicted molar refractivity (Wildman–Crippen MR) is 104 cm³/mol. The Morgan fingerprint density at radius 3 is 2.71 bits per heavy atom. The molecule has 1 saturated heterocycles. The first kappa shape index (κ1) is 17.5. The normalized spacial score (nSPS) is 18.4. The Hall–Kier alpha value is -1.30. The minimum atomic E-state index is 0. The Kier molecular flexibility index (Phi) is 5.64. The fourth-order valence-electron chi connectivity index (χ4n) is 3.85. The van der Waals surface area contributed by atoms with E-state index in [-0.39, 0.29) is 12.4 Å². The Labute approximate surface area is 154 Å². The van der Waals surface area contributed by atoms with Crippen molar-refractivity contribution in [3.05, 3.63) is 40.9 Å². The van der Waals surface area contributed by atoms with Crippen molar-refractivity contribution in [3.63, 3.8) is 0 Å². The van der Waals surface area contributed by atoms with Crippen molar-refractivity contribution in [1.29, 1.82) is 0 Å². The number of para-hydroxylation sites is 1. The van der Waals surface area contributed by atoms with Crippen molar-refractivity contribution in [1.82, 2.24) is 9.88 Å². The molecule has 130 valence electrons. The van der Waals surface area contributed by atoms with Crippen LogP contribution < -0.4 is 10.6 Å². The molecular weight excluding hydrogens is 340 g/mol. The molecule has 1 fully saturated rings. The summed E-state index contributed by atoms with van der Waals surface area (Å²) in [5.74, 6) is 0.823. The molecule has 0 atom stereocenters. The molecule has 0 amide bonds. The van der Waals surface area contributed by atoms with E-state index in [4.69, 9.17) is 5.73 Å². The average molecular weight is 365 g/mol. The van der Waals surface area contributed by atoms with E-state index in [0.29, 0.717) is 5.13 Å². The van der Waals surface area contributed by atoms with Crippen molar-refractivity contribution in [2.45, 2.75) is 25.8 Å². The predicted octanol–water partition coefficient (Wildman–Crippen LogP) is 3.42. The number of piperidine rings is 1. The summed E-state index contributed by atoms with van der Waals surface area (Å²) in [4.78, 5) is 10.6. The quantitative estimate of drug-likeness (QED) is 0.902. The van der Waals surface area contributed by atoms with Crippen LogP contribution in [0.3, 0.4) is 0 Å². The minimum Gasteiger partial charge on any atom is -0.375 e. The van der Waals surface area contributed by atoms with Gasteiger partial charge < -0.3 is 10.6 Å². The number of hydrogen-bond acceptors (Lipinski definition) is 5. The topological polar surface area (TPSA) is 45.4 Å². The third-order valence-electron chi connectivity index (χ3n) is 5.12. The lowest BCUT2D eigenvalue weighted by Crippen LogP contribution is -2.38. The summed E-state index contributed by atoms with van der Waals surface area (Å²) in [6.07, 6.45) is 5.73. The highest BCUT2D eigenvalue weighted by Crippen LogP contribution is 2.30. The van der Waals surface area contributed by atoms with Gasteiger partial charge >= 0.3 is 0 Å². The molecule has 0 bridgehead atoms. The van der Waals surface area contributed by atoms with E-state index in [1.54, 1.807) is 11.3 Å². The van der Waals surface area contributed by atoms with Crippen LogP contribution in [0.15, 0.2) is 30.5 Å². The van der Waals surface area contributed by atoms with Gasteiger partial charge in [0.1, 0.15) is 0 Å². The molecule has 3 heterocycles. The van der Waals surface area contributed by atoms with Gasteiger partial charge in [-0.3, -0.25) is 4.90 Å². The van der Waals surface area contributed by atoms with Gasteiger partial charge in [0.15, 0.2) is 5.13 Å². The molecule has 2 aliphatic heterocycles. The highest BCUT2D eigenvalue weighted by atomic mass is 35.5. The molecule has 2 aromatic rings. The summed E-state index contributed by atoms with van der Waals surface area (Å²) >= 11 is 1.62. The molecule has 2 N–H and O–H groups in total. The SMILES string of the molecule is Cl.Nc1ncc(CN2CCC(CN3CCc4ccccc43)CC2)s1. The van der Waals surface area contributed by atoms with Gasteiger partial charge in [-0.1, -0.05) is 18.2 Å². The third kappa shape index (κ3) is 3.85. The maximum atomic E-state index is 5.72. The zero-order chi connectivity index (χ0) is 15.6. The first-order valence-electron chi connectivity index (χ1n) is 8.53. The summed E-state index contributed by atoms with van der Waals surface area (Å²) in [7, 11) is 0. The van der Waals surface area contributed by atoms with Crippen molar-refractivity contribution in [2.75, 3.05) is 36.8 Å². The Bertz CT molecular complexity index is 667. The van der Waals surface area contributed by atoms with Gasteiger partial charge in [-0.05, 0) is 49.9 Å². The summed E-state index contributed by atoms with van der Waals surface area (Å²) in [5, 5.41) is 0.683. The smallest absolute Gasteiger partial charge is 0.180 e.